The van der Waals surface area contributed by atoms with Gasteiger partial charge in [0.05, 0.1) is 6.54 Å². The van der Waals surface area contributed by atoms with Gasteiger partial charge in [0, 0.05) is 30.6 Å². The summed E-state index contributed by atoms with van der Waals surface area (Å²) >= 11 is 1.81. The zero-order chi connectivity index (χ0) is 14.9. The van der Waals surface area contributed by atoms with Crippen molar-refractivity contribution >= 4 is 28.7 Å². The average molecular weight is 305 g/mol. The van der Waals surface area contributed by atoms with Gasteiger partial charge in [0.15, 0.2) is 5.96 Å². The Bertz CT molecular complexity index is 547. The Balaban J connectivity index is 1.84. The zero-order valence-electron chi connectivity index (χ0n) is 12.7. The second kappa shape index (κ2) is 8.62. The number of nitrogens with zero attached hydrogens (tertiary/aromatic N) is 1. The van der Waals surface area contributed by atoms with Crippen LogP contribution < -0.4 is 10.6 Å². The molecule has 4 nitrogen and oxygen atoms in total. The fourth-order valence-corrected chi connectivity index (χ4v) is 2.33. The van der Waals surface area contributed by atoms with Crippen LogP contribution in [0, 0.1) is 0 Å². The van der Waals surface area contributed by atoms with Crippen LogP contribution in [0.25, 0.3) is 11.0 Å². The fraction of sp³-hybridized carbons (Fsp3) is 0.438. The number of guanidine groups is 1. The number of para-hydroxylation sites is 1. The van der Waals surface area contributed by atoms with Crippen molar-refractivity contribution in [3.63, 3.8) is 0 Å². The lowest BCUT2D eigenvalue weighted by atomic mass is 10.2. The summed E-state index contributed by atoms with van der Waals surface area (Å²) in [6.45, 7) is 4.59. The number of benzene rings is 1. The molecule has 114 valence electrons. The highest BCUT2D eigenvalue weighted by atomic mass is 32.2. The van der Waals surface area contributed by atoms with E-state index in [1.165, 1.54) is 0 Å². The molecule has 2 aromatic rings. The number of fused-ring (bicyclic) bond motifs is 1. The van der Waals surface area contributed by atoms with Crippen LogP contribution in [-0.4, -0.2) is 37.6 Å². The maximum Gasteiger partial charge on any atom is 0.191 e. The third-order valence-corrected chi connectivity index (χ3v) is 3.64. The first-order chi connectivity index (χ1) is 10.3. The largest absolute Gasteiger partial charge is 0.461 e. The second-order valence-corrected chi connectivity index (χ2v) is 5.67. The van der Waals surface area contributed by atoms with Gasteiger partial charge in [-0.1, -0.05) is 18.2 Å². The van der Waals surface area contributed by atoms with E-state index in [0.29, 0.717) is 0 Å². The van der Waals surface area contributed by atoms with Gasteiger partial charge >= 0.3 is 0 Å². The van der Waals surface area contributed by atoms with E-state index >= 15 is 0 Å². The predicted octanol–water partition coefficient (Wildman–Crippen LogP) is 2.89. The zero-order valence-corrected chi connectivity index (χ0v) is 13.5. The molecule has 21 heavy (non-hydrogen) atoms. The monoisotopic (exact) mass is 305 g/mol. The number of nitrogens with one attached hydrogen (secondary N) is 2. The molecule has 0 aliphatic carbocycles. The van der Waals surface area contributed by atoms with Crippen LogP contribution in [0.2, 0.25) is 0 Å². The summed E-state index contributed by atoms with van der Waals surface area (Å²) in [7, 11) is 0. The molecule has 0 atom stereocenters. The fourth-order valence-electron chi connectivity index (χ4n) is 2.05. The van der Waals surface area contributed by atoms with Gasteiger partial charge in [-0.2, -0.15) is 11.8 Å². The first-order valence-electron chi connectivity index (χ1n) is 7.32. The van der Waals surface area contributed by atoms with Gasteiger partial charge in [0.25, 0.3) is 0 Å². The Morgan fingerprint density at radius 2 is 2.14 bits per heavy atom. The molecule has 1 aromatic carbocycles. The van der Waals surface area contributed by atoms with Crippen LogP contribution in [0.4, 0.5) is 0 Å². The van der Waals surface area contributed by atoms with Crippen LogP contribution in [0.15, 0.2) is 39.7 Å². The van der Waals surface area contributed by atoms with Crippen molar-refractivity contribution in [2.75, 3.05) is 31.6 Å². The molecule has 0 saturated heterocycles. The van der Waals surface area contributed by atoms with E-state index in [-0.39, 0.29) is 0 Å². The molecule has 0 spiro atoms. The van der Waals surface area contributed by atoms with E-state index in [2.05, 4.69) is 40.9 Å². The third-order valence-electron chi connectivity index (χ3n) is 3.05. The number of furan rings is 1. The maximum absolute atomic E-state index is 5.80. The van der Waals surface area contributed by atoms with E-state index in [1.807, 2.05) is 30.0 Å². The second-order valence-electron chi connectivity index (χ2n) is 4.68. The first-order valence-corrected chi connectivity index (χ1v) is 8.71. The highest BCUT2D eigenvalue weighted by molar-refractivity contribution is 7.98. The van der Waals surface area contributed by atoms with Crippen LogP contribution in [0.1, 0.15) is 12.7 Å². The lowest BCUT2D eigenvalue weighted by molar-refractivity contribution is 0.544. The Morgan fingerprint density at radius 3 is 2.90 bits per heavy atom. The van der Waals surface area contributed by atoms with E-state index < -0.39 is 0 Å². The molecule has 1 heterocycles. The van der Waals surface area contributed by atoms with Gasteiger partial charge < -0.3 is 15.1 Å². The van der Waals surface area contributed by atoms with Gasteiger partial charge in [-0.15, -0.1) is 0 Å². The summed E-state index contributed by atoms with van der Waals surface area (Å²) in [4.78, 5) is 4.52. The summed E-state index contributed by atoms with van der Waals surface area (Å²) < 4.78 is 5.80. The van der Waals surface area contributed by atoms with Crippen LogP contribution >= 0.6 is 11.8 Å². The van der Waals surface area contributed by atoms with Crippen molar-refractivity contribution in [1.82, 2.24) is 10.6 Å². The van der Waals surface area contributed by atoms with E-state index in [1.54, 1.807) is 0 Å². The number of hydrogen-bond donors (Lipinski definition) is 2. The third kappa shape index (κ3) is 5.01. The van der Waals surface area contributed by atoms with Crippen molar-refractivity contribution in [2.24, 2.45) is 4.99 Å². The molecule has 0 saturated carbocycles. The molecular formula is C16H23N3OS. The normalized spacial score (nSPS) is 11.8. The summed E-state index contributed by atoms with van der Waals surface area (Å²) in [5.41, 5.74) is 0.952. The van der Waals surface area contributed by atoms with Crippen molar-refractivity contribution < 1.29 is 4.42 Å². The molecule has 0 amide bonds. The smallest absolute Gasteiger partial charge is 0.191 e. The molecule has 2 rings (SSSR count). The Labute approximate surface area is 130 Å². The Morgan fingerprint density at radius 1 is 1.29 bits per heavy atom. The highest BCUT2D eigenvalue weighted by Gasteiger charge is 2.03. The predicted molar refractivity (Wildman–Crippen MR) is 92.3 cm³/mol. The molecule has 0 fully saturated rings. The molecule has 0 aliphatic rings. The molecule has 5 heteroatoms. The first kappa shape index (κ1) is 15.8. The molecule has 0 unspecified atom stereocenters. The topological polar surface area (TPSA) is 49.6 Å². The average Bonchev–Trinajstić information content (AvgIpc) is 2.90. The maximum atomic E-state index is 5.80. The Hall–Kier alpha value is -1.62. The van der Waals surface area contributed by atoms with Crippen molar-refractivity contribution in [1.29, 1.82) is 0 Å². The van der Waals surface area contributed by atoms with Crippen LogP contribution in [0.5, 0.6) is 0 Å². The van der Waals surface area contributed by atoms with Crippen LogP contribution in [0.3, 0.4) is 0 Å². The van der Waals surface area contributed by atoms with Gasteiger partial charge in [-0.3, -0.25) is 4.99 Å². The SMILES string of the molecule is CCNC(=NCCSC)NCCc1cc2ccccc2o1. The molecule has 2 N–H and O–H groups in total. The standard InChI is InChI=1S/C16H23N3OS/c1-3-17-16(19-10-11-21-2)18-9-8-14-12-13-6-4-5-7-15(13)20-14/h4-7,12H,3,8-11H2,1-2H3,(H2,17,18,19). The quantitative estimate of drug-likeness (QED) is 0.469. The number of hydrogen-bond acceptors (Lipinski definition) is 3. The van der Waals surface area contributed by atoms with E-state index in [0.717, 1.165) is 54.5 Å². The number of thioether (sulfide) groups is 1. The van der Waals surface area contributed by atoms with Crippen molar-refractivity contribution in [3.8, 4) is 0 Å². The minimum absolute atomic E-state index is 0.810. The van der Waals surface area contributed by atoms with Crippen molar-refractivity contribution in [3.05, 3.63) is 36.1 Å². The lowest BCUT2D eigenvalue weighted by Crippen LogP contribution is -2.38. The van der Waals surface area contributed by atoms with Gasteiger partial charge in [0.2, 0.25) is 0 Å². The molecule has 1 aromatic heterocycles. The minimum atomic E-state index is 0.810. The molecule has 0 radical (unpaired) electrons. The minimum Gasteiger partial charge on any atom is -0.461 e. The van der Waals surface area contributed by atoms with Gasteiger partial charge in [-0.25, -0.2) is 0 Å². The van der Waals surface area contributed by atoms with Gasteiger partial charge in [0.1, 0.15) is 11.3 Å². The Kier molecular flexibility index (Phi) is 6.47. The highest BCUT2D eigenvalue weighted by Crippen LogP contribution is 2.18. The molecule has 0 bridgehead atoms. The molecule has 0 aliphatic heterocycles. The van der Waals surface area contributed by atoms with E-state index in [4.69, 9.17) is 4.42 Å². The lowest BCUT2D eigenvalue weighted by Gasteiger charge is -2.10. The summed E-state index contributed by atoms with van der Waals surface area (Å²) in [5.74, 6) is 2.92. The van der Waals surface area contributed by atoms with Gasteiger partial charge in [-0.05, 0) is 25.3 Å². The number of aliphatic imine (C=N–C) groups is 1. The summed E-state index contributed by atoms with van der Waals surface area (Å²) in [6, 6.07) is 10.2. The summed E-state index contributed by atoms with van der Waals surface area (Å²) in [5, 5.41) is 7.76. The summed E-state index contributed by atoms with van der Waals surface area (Å²) in [6.07, 6.45) is 2.94. The van der Waals surface area contributed by atoms with E-state index in [9.17, 15) is 0 Å². The molecular weight excluding hydrogens is 282 g/mol. The number of rotatable bonds is 7. The van der Waals surface area contributed by atoms with Crippen molar-refractivity contribution in [2.45, 2.75) is 13.3 Å². The van der Waals surface area contributed by atoms with Crippen LogP contribution in [-0.2, 0) is 6.42 Å².